The third kappa shape index (κ3) is 7.35. The van der Waals surface area contributed by atoms with Crippen molar-refractivity contribution in [1.29, 1.82) is 0 Å². The van der Waals surface area contributed by atoms with Crippen LogP contribution < -0.4 is 10.0 Å². The highest BCUT2D eigenvalue weighted by Crippen LogP contribution is 2.10. The fourth-order valence-corrected chi connectivity index (χ4v) is 3.98. The van der Waals surface area contributed by atoms with Crippen molar-refractivity contribution in [3.05, 3.63) is 45.9 Å². The van der Waals surface area contributed by atoms with Crippen LogP contribution in [0, 0.1) is 13.8 Å². The summed E-state index contributed by atoms with van der Waals surface area (Å²) in [5, 5.41) is 6.21. The van der Waals surface area contributed by atoms with Crippen molar-refractivity contribution in [3.63, 3.8) is 0 Å². The summed E-state index contributed by atoms with van der Waals surface area (Å²) in [7, 11) is 0.113. The number of sulfonamides is 1. The van der Waals surface area contributed by atoms with Crippen molar-refractivity contribution < 1.29 is 8.42 Å². The van der Waals surface area contributed by atoms with E-state index in [1.165, 1.54) is 0 Å². The molecule has 0 aliphatic rings. The van der Waals surface area contributed by atoms with Gasteiger partial charge < -0.3 is 10.2 Å². The summed E-state index contributed by atoms with van der Waals surface area (Å²) >= 11 is 1.61. The van der Waals surface area contributed by atoms with Crippen LogP contribution in [0.1, 0.15) is 16.3 Å². The van der Waals surface area contributed by atoms with E-state index in [-0.39, 0.29) is 35.4 Å². The minimum atomic E-state index is -3.50. The van der Waals surface area contributed by atoms with Gasteiger partial charge in [-0.3, -0.25) is 4.99 Å². The molecular formula is C17H26IN5O2S2. The summed E-state index contributed by atoms with van der Waals surface area (Å²) in [6.07, 6.45) is 0. The third-order valence-electron chi connectivity index (χ3n) is 3.67. The molecule has 0 atom stereocenters. The van der Waals surface area contributed by atoms with Gasteiger partial charge in [-0.15, -0.1) is 35.3 Å². The van der Waals surface area contributed by atoms with Crippen molar-refractivity contribution in [1.82, 2.24) is 19.9 Å². The van der Waals surface area contributed by atoms with Crippen molar-refractivity contribution in [2.24, 2.45) is 4.99 Å². The molecule has 1 heterocycles. The normalized spacial score (nSPS) is 11.8. The lowest BCUT2D eigenvalue weighted by Crippen LogP contribution is -2.42. The molecule has 10 heteroatoms. The number of thiazole rings is 1. The number of aryl methyl sites for hydroxylation is 2. The van der Waals surface area contributed by atoms with E-state index >= 15 is 0 Å². The zero-order chi connectivity index (χ0) is 19.2. The van der Waals surface area contributed by atoms with Gasteiger partial charge in [0, 0.05) is 32.6 Å². The molecule has 1 aromatic heterocycles. The van der Waals surface area contributed by atoms with Crippen molar-refractivity contribution in [2.45, 2.75) is 25.3 Å². The maximum atomic E-state index is 12.2. The van der Waals surface area contributed by atoms with E-state index in [9.17, 15) is 8.42 Å². The molecule has 7 nitrogen and oxygen atoms in total. The second-order valence-electron chi connectivity index (χ2n) is 5.90. The molecule has 0 unspecified atom stereocenters. The Kier molecular flexibility index (Phi) is 9.63. The van der Waals surface area contributed by atoms with Gasteiger partial charge in [0.05, 0.1) is 22.1 Å². The Hall–Kier alpha value is -1.24. The topological polar surface area (TPSA) is 86.7 Å². The first-order valence-corrected chi connectivity index (χ1v) is 10.6. The molecule has 0 aliphatic heterocycles. The van der Waals surface area contributed by atoms with E-state index in [2.05, 4.69) is 20.0 Å². The molecule has 150 valence electrons. The summed E-state index contributed by atoms with van der Waals surface area (Å²) in [5.74, 6) is 0.685. The quantitative estimate of drug-likeness (QED) is 0.252. The van der Waals surface area contributed by atoms with Gasteiger partial charge >= 0.3 is 0 Å². The van der Waals surface area contributed by atoms with E-state index in [4.69, 9.17) is 0 Å². The highest BCUT2D eigenvalue weighted by Gasteiger charge is 2.13. The predicted molar refractivity (Wildman–Crippen MR) is 121 cm³/mol. The van der Waals surface area contributed by atoms with Crippen LogP contribution in [0.5, 0.6) is 0 Å². The summed E-state index contributed by atoms with van der Waals surface area (Å²) in [5.41, 5.74) is 2.01. The van der Waals surface area contributed by atoms with Gasteiger partial charge in [-0.2, -0.15) is 0 Å². The fraction of sp³-hybridized carbons (Fsp3) is 0.412. The van der Waals surface area contributed by atoms with Crippen LogP contribution in [0.2, 0.25) is 0 Å². The molecular weight excluding hydrogens is 497 g/mol. The van der Waals surface area contributed by atoms with Crippen LogP contribution in [0.15, 0.2) is 39.5 Å². The molecule has 0 aliphatic carbocycles. The second kappa shape index (κ2) is 10.9. The summed E-state index contributed by atoms with van der Waals surface area (Å²) in [6, 6.07) is 6.77. The lowest BCUT2D eigenvalue weighted by atomic mass is 10.2. The Labute approximate surface area is 182 Å². The number of nitrogens with zero attached hydrogens (tertiary/aromatic N) is 3. The average molecular weight is 523 g/mol. The number of aliphatic imine (C=N–C) groups is 1. The minimum Gasteiger partial charge on any atom is -0.355 e. The Morgan fingerprint density at radius 3 is 2.44 bits per heavy atom. The number of hydrogen-bond donors (Lipinski definition) is 2. The fourth-order valence-electron chi connectivity index (χ4n) is 2.34. The van der Waals surface area contributed by atoms with Crippen molar-refractivity contribution >= 4 is 51.3 Å². The van der Waals surface area contributed by atoms with E-state index < -0.39 is 10.0 Å². The summed E-state index contributed by atoms with van der Waals surface area (Å²) < 4.78 is 27.1. The van der Waals surface area contributed by atoms with Gasteiger partial charge in [0.25, 0.3) is 0 Å². The zero-order valence-electron chi connectivity index (χ0n) is 15.9. The first kappa shape index (κ1) is 23.8. The monoisotopic (exact) mass is 523 g/mol. The van der Waals surface area contributed by atoms with Gasteiger partial charge in [0.15, 0.2) is 5.96 Å². The molecule has 2 rings (SSSR count). The summed E-state index contributed by atoms with van der Waals surface area (Å²) in [4.78, 5) is 10.9. The highest BCUT2D eigenvalue weighted by molar-refractivity contribution is 14.0. The third-order valence-corrected chi connectivity index (χ3v) is 5.97. The van der Waals surface area contributed by atoms with Gasteiger partial charge in [-0.1, -0.05) is 17.7 Å². The zero-order valence-corrected chi connectivity index (χ0v) is 19.9. The first-order valence-electron chi connectivity index (χ1n) is 8.21. The predicted octanol–water partition coefficient (Wildman–Crippen LogP) is 2.36. The Morgan fingerprint density at radius 1 is 1.22 bits per heavy atom. The lowest BCUT2D eigenvalue weighted by molar-refractivity contribution is 0.471. The molecule has 2 aromatic rings. The maximum Gasteiger partial charge on any atom is 0.240 e. The lowest BCUT2D eigenvalue weighted by Gasteiger charge is -2.21. The van der Waals surface area contributed by atoms with Crippen LogP contribution in [0.25, 0.3) is 0 Å². The van der Waals surface area contributed by atoms with Gasteiger partial charge in [0.1, 0.15) is 0 Å². The van der Waals surface area contributed by atoms with E-state index in [0.717, 1.165) is 16.3 Å². The number of guanidine groups is 1. The molecule has 0 saturated carbocycles. The molecule has 0 amide bonds. The Morgan fingerprint density at radius 2 is 1.89 bits per heavy atom. The van der Waals surface area contributed by atoms with Crippen molar-refractivity contribution in [2.75, 3.05) is 27.2 Å². The van der Waals surface area contributed by atoms with Gasteiger partial charge in [0.2, 0.25) is 10.0 Å². The molecule has 0 bridgehead atoms. The molecule has 2 N–H and O–H groups in total. The van der Waals surface area contributed by atoms with Crippen LogP contribution in [0.3, 0.4) is 0 Å². The van der Waals surface area contributed by atoms with Crippen LogP contribution >= 0.6 is 35.3 Å². The number of hydrogen-bond acceptors (Lipinski definition) is 5. The molecule has 1 aromatic carbocycles. The number of benzene rings is 1. The van der Waals surface area contributed by atoms with Crippen LogP contribution in [-0.4, -0.2) is 51.4 Å². The van der Waals surface area contributed by atoms with Crippen molar-refractivity contribution in [3.8, 4) is 0 Å². The average Bonchev–Trinajstić information content (AvgIpc) is 3.00. The van der Waals surface area contributed by atoms with E-state index in [0.29, 0.717) is 19.0 Å². The number of halogens is 1. The molecule has 0 spiro atoms. The van der Waals surface area contributed by atoms with E-state index in [1.807, 2.05) is 31.2 Å². The first-order chi connectivity index (χ1) is 12.3. The van der Waals surface area contributed by atoms with E-state index in [1.54, 1.807) is 42.6 Å². The molecule has 0 radical (unpaired) electrons. The van der Waals surface area contributed by atoms with Crippen LogP contribution in [0.4, 0.5) is 0 Å². The largest absolute Gasteiger partial charge is 0.355 e. The molecule has 0 saturated heterocycles. The Bertz CT molecular complexity index is 850. The highest BCUT2D eigenvalue weighted by atomic mass is 127. The SMILES string of the molecule is CN=C(NCCNS(=O)(=O)c1ccc(C)cc1)N(C)Cc1csc(C)n1.I. The number of nitrogens with one attached hydrogen (secondary N) is 2. The minimum absolute atomic E-state index is 0. The van der Waals surface area contributed by atoms with Gasteiger partial charge in [-0.25, -0.2) is 18.1 Å². The maximum absolute atomic E-state index is 12.2. The smallest absolute Gasteiger partial charge is 0.240 e. The summed E-state index contributed by atoms with van der Waals surface area (Å²) in [6.45, 7) is 5.22. The molecule has 0 fully saturated rings. The van der Waals surface area contributed by atoms with Gasteiger partial charge in [-0.05, 0) is 26.0 Å². The number of aromatic nitrogens is 1. The Balaban J connectivity index is 0.00000364. The second-order valence-corrected chi connectivity index (χ2v) is 8.73. The molecule has 27 heavy (non-hydrogen) atoms. The standard InChI is InChI=1S/C17H25N5O2S2.HI/c1-13-5-7-16(8-6-13)26(23,24)20-10-9-19-17(18-3)22(4)11-15-12-25-14(2)21-15;/h5-8,12,20H,9-11H2,1-4H3,(H,18,19);1H. The van der Waals surface area contributed by atoms with Crippen LogP contribution in [-0.2, 0) is 16.6 Å². The number of rotatable bonds is 7.